The Balaban J connectivity index is 1.33. The summed E-state index contributed by atoms with van der Waals surface area (Å²) in [4.78, 5) is 43.6. The van der Waals surface area contributed by atoms with Crippen molar-refractivity contribution in [2.24, 2.45) is 23.7 Å². The van der Waals surface area contributed by atoms with Crippen LogP contribution in [0.3, 0.4) is 0 Å². The molecule has 4 aliphatic rings. The maximum Gasteiger partial charge on any atom is 0.246 e. The second-order valence-electron chi connectivity index (χ2n) is 12.0. The number of aryl methyl sites for hydroxylation is 1. The van der Waals surface area contributed by atoms with Crippen LogP contribution in [-0.4, -0.2) is 46.4 Å². The molecule has 8 atom stereocenters. The first-order valence-electron chi connectivity index (χ1n) is 14.3. The SMILES string of the molecule is Cc1cccc(NC(=O)[C@@H]2[C@@H]3C=C[C@]4(O3)[C@@H]2C(=O)N(Cc2ccc(Cl)cc2)[C@H]4C(=O)N[C@@H]2CCC[C@@H](C)[C@@H]2C)c1. The van der Waals surface area contributed by atoms with Gasteiger partial charge < -0.3 is 20.3 Å². The minimum absolute atomic E-state index is 0.0298. The number of carbonyl (C=O) groups is 3. The predicted molar refractivity (Wildman–Crippen MR) is 153 cm³/mol. The van der Waals surface area contributed by atoms with Gasteiger partial charge in [-0.1, -0.05) is 74.7 Å². The topological polar surface area (TPSA) is 87.7 Å². The molecule has 40 heavy (non-hydrogen) atoms. The predicted octanol–water partition coefficient (Wildman–Crippen LogP) is 4.88. The van der Waals surface area contributed by atoms with Crippen LogP contribution in [0.2, 0.25) is 5.02 Å². The van der Waals surface area contributed by atoms with Gasteiger partial charge in [0.25, 0.3) is 0 Å². The fourth-order valence-electron chi connectivity index (χ4n) is 7.22. The summed E-state index contributed by atoms with van der Waals surface area (Å²) in [5.41, 5.74) is 1.35. The number of hydrogen-bond acceptors (Lipinski definition) is 4. The number of halogens is 1. The van der Waals surface area contributed by atoms with Crippen LogP contribution in [0.25, 0.3) is 0 Å². The number of anilines is 1. The van der Waals surface area contributed by atoms with Crippen LogP contribution in [0.1, 0.15) is 44.2 Å². The Morgan fingerprint density at radius 1 is 1.10 bits per heavy atom. The largest absolute Gasteiger partial charge is 0.359 e. The van der Waals surface area contributed by atoms with Crippen LogP contribution >= 0.6 is 11.6 Å². The van der Waals surface area contributed by atoms with Crippen molar-refractivity contribution in [2.45, 2.75) is 70.4 Å². The van der Waals surface area contributed by atoms with Crippen molar-refractivity contribution < 1.29 is 19.1 Å². The van der Waals surface area contributed by atoms with E-state index in [0.717, 1.165) is 30.4 Å². The van der Waals surface area contributed by atoms with E-state index in [2.05, 4.69) is 24.5 Å². The maximum absolute atomic E-state index is 14.2. The van der Waals surface area contributed by atoms with Gasteiger partial charge in [-0.25, -0.2) is 0 Å². The molecule has 6 rings (SSSR count). The van der Waals surface area contributed by atoms with Crippen molar-refractivity contribution in [3.63, 3.8) is 0 Å². The molecule has 3 fully saturated rings. The van der Waals surface area contributed by atoms with Gasteiger partial charge in [-0.2, -0.15) is 0 Å². The molecule has 3 aliphatic heterocycles. The lowest BCUT2D eigenvalue weighted by molar-refractivity contribution is -0.142. The number of amides is 3. The van der Waals surface area contributed by atoms with Gasteiger partial charge in [-0.15, -0.1) is 0 Å². The molecular weight excluding hydrogens is 526 g/mol. The van der Waals surface area contributed by atoms with Crippen LogP contribution in [0.4, 0.5) is 5.69 Å². The Hall–Kier alpha value is -3.16. The summed E-state index contributed by atoms with van der Waals surface area (Å²) in [5, 5.41) is 6.89. The standard InChI is InChI=1S/C32H36ClN3O4/c1-18-6-4-8-23(16-18)34-29(37)26-25-14-15-32(40-25)27(26)31(39)36(17-21-10-12-22(33)13-11-21)28(32)30(38)35-24-9-5-7-19(2)20(24)3/h4,6,8,10-16,19-20,24-28H,5,7,9,17H2,1-3H3,(H,34,37)(H,35,38)/t19-,20+,24-,25+,26-,27+,28+,32+/m1/s1. The first-order valence-corrected chi connectivity index (χ1v) is 14.7. The number of ether oxygens (including phenoxy) is 1. The smallest absolute Gasteiger partial charge is 0.246 e. The van der Waals surface area contributed by atoms with Crippen LogP contribution in [-0.2, 0) is 25.7 Å². The summed E-state index contributed by atoms with van der Waals surface area (Å²) in [6.45, 7) is 6.59. The third-order valence-corrected chi connectivity index (χ3v) is 9.76. The zero-order valence-electron chi connectivity index (χ0n) is 23.1. The first kappa shape index (κ1) is 27.0. The molecule has 0 aromatic heterocycles. The van der Waals surface area contributed by atoms with Crippen LogP contribution in [0, 0.1) is 30.6 Å². The molecule has 3 heterocycles. The number of nitrogens with zero attached hydrogens (tertiary/aromatic N) is 1. The molecule has 0 radical (unpaired) electrons. The maximum atomic E-state index is 14.2. The number of fused-ring (bicyclic) bond motifs is 1. The van der Waals surface area contributed by atoms with Crippen molar-refractivity contribution >= 4 is 35.0 Å². The zero-order chi connectivity index (χ0) is 28.2. The number of nitrogens with one attached hydrogen (secondary N) is 2. The Bertz CT molecular complexity index is 1360. The lowest BCUT2D eigenvalue weighted by Gasteiger charge is -2.38. The highest BCUT2D eigenvalue weighted by atomic mass is 35.5. The van der Waals surface area contributed by atoms with Crippen molar-refractivity contribution in [3.8, 4) is 0 Å². The minimum atomic E-state index is -1.20. The highest BCUT2D eigenvalue weighted by molar-refractivity contribution is 6.30. The van der Waals surface area contributed by atoms with E-state index in [4.69, 9.17) is 16.3 Å². The monoisotopic (exact) mass is 561 g/mol. The lowest BCUT2D eigenvalue weighted by atomic mass is 9.73. The van der Waals surface area contributed by atoms with E-state index < -0.39 is 29.6 Å². The number of likely N-dealkylation sites (tertiary alicyclic amines) is 1. The molecule has 2 saturated heterocycles. The van der Waals surface area contributed by atoms with E-state index in [1.165, 1.54) is 0 Å². The summed E-state index contributed by atoms with van der Waals surface area (Å²) in [5.74, 6) is -1.43. The second kappa shape index (κ2) is 10.3. The molecule has 2 aromatic rings. The van der Waals surface area contributed by atoms with Gasteiger partial charge in [0.05, 0.1) is 17.9 Å². The number of benzene rings is 2. The van der Waals surface area contributed by atoms with Gasteiger partial charge in [0.15, 0.2) is 0 Å². The molecule has 8 heteroatoms. The van der Waals surface area contributed by atoms with E-state index in [-0.39, 0.29) is 30.3 Å². The summed E-state index contributed by atoms with van der Waals surface area (Å²) in [6, 6.07) is 14.0. The van der Waals surface area contributed by atoms with Crippen molar-refractivity contribution in [1.82, 2.24) is 10.2 Å². The van der Waals surface area contributed by atoms with E-state index in [1.807, 2.05) is 55.5 Å². The third-order valence-electron chi connectivity index (χ3n) is 9.51. The van der Waals surface area contributed by atoms with Crippen LogP contribution in [0.15, 0.2) is 60.7 Å². The summed E-state index contributed by atoms with van der Waals surface area (Å²) >= 11 is 6.11. The first-order chi connectivity index (χ1) is 19.2. The van der Waals surface area contributed by atoms with E-state index in [0.29, 0.717) is 22.5 Å². The normalized spacial score (nSPS) is 34.1. The highest BCUT2D eigenvalue weighted by Gasteiger charge is 2.72. The fraction of sp³-hybridized carbons (Fsp3) is 0.469. The van der Waals surface area contributed by atoms with Crippen LogP contribution < -0.4 is 10.6 Å². The molecule has 1 aliphatic carbocycles. The Kier molecular flexibility index (Phi) is 6.99. The van der Waals surface area contributed by atoms with Crippen molar-refractivity contribution in [3.05, 3.63) is 76.8 Å². The quantitative estimate of drug-likeness (QED) is 0.492. The van der Waals surface area contributed by atoms with E-state index >= 15 is 0 Å². The van der Waals surface area contributed by atoms with Crippen molar-refractivity contribution in [2.75, 3.05) is 5.32 Å². The molecule has 2 bridgehead atoms. The third kappa shape index (κ3) is 4.53. The van der Waals surface area contributed by atoms with Gasteiger partial charge in [-0.05, 0) is 60.6 Å². The molecular formula is C32H36ClN3O4. The molecule has 1 saturated carbocycles. The van der Waals surface area contributed by atoms with Gasteiger partial charge in [0, 0.05) is 23.3 Å². The van der Waals surface area contributed by atoms with E-state index in [9.17, 15) is 14.4 Å². The molecule has 7 nitrogen and oxygen atoms in total. The van der Waals surface area contributed by atoms with Gasteiger partial charge in [0.2, 0.25) is 17.7 Å². The molecule has 210 valence electrons. The number of hydrogen-bond donors (Lipinski definition) is 2. The number of carbonyl (C=O) groups excluding carboxylic acids is 3. The molecule has 3 amide bonds. The van der Waals surface area contributed by atoms with E-state index in [1.54, 1.807) is 17.0 Å². The molecule has 1 spiro atoms. The zero-order valence-corrected chi connectivity index (χ0v) is 23.9. The summed E-state index contributed by atoms with van der Waals surface area (Å²) in [7, 11) is 0. The van der Waals surface area contributed by atoms with Gasteiger partial charge >= 0.3 is 0 Å². The minimum Gasteiger partial charge on any atom is -0.359 e. The Morgan fingerprint density at radius 2 is 1.88 bits per heavy atom. The average molecular weight is 562 g/mol. The van der Waals surface area contributed by atoms with Gasteiger partial charge in [0.1, 0.15) is 11.6 Å². The van der Waals surface area contributed by atoms with Crippen LogP contribution in [0.5, 0.6) is 0 Å². The molecule has 2 N–H and O–H groups in total. The Labute approximate surface area is 240 Å². The van der Waals surface area contributed by atoms with Gasteiger partial charge in [-0.3, -0.25) is 14.4 Å². The molecule has 0 unspecified atom stereocenters. The lowest BCUT2D eigenvalue weighted by Crippen LogP contribution is -2.57. The average Bonchev–Trinajstić information content (AvgIpc) is 3.55. The second-order valence-corrected chi connectivity index (χ2v) is 12.5. The molecule has 2 aromatic carbocycles. The summed E-state index contributed by atoms with van der Waals surface area (Å²) in [6.07, 6.45) is 6.25. The Morgan fingerprint density at radius 3 is 2.62 bits per heavy atom. The number of rotatable bonds is 6. The highest BCUT2D eigenvalue weighted by Crippen LogP contribution is 2.55. The summed E-state index contributed by atoms with van der Waals surface area (Å²) < 4.78 is 6.49. The fourth-order valence-corrected chi connectivity index (χ4v) is 7.35. The van der Waals surface area contributed by atoms with Crippen molar-refractivity contribution in [1.29, 1.82) is 0 Å².